The highest BCUT2D eigenvalue weighted by atomic mass is 16.3. The first-order chi connectivity index (χ1) is 9.76. The molecule has 1 fully saturated rings. The number of benzene rings is 1. The van der Waals surface area contributed by atoms with Gasteiger partial charge in [0.05, 0.1) is 6.61 Å². The molecule has 1 atom stereocenters. The van der Waals surface area contributed by atoms with Gasteiger partial charge in [0, 0.05) is 24.3 Å². The zero-order valence-corrected chi connectivity index (χ0v) is 12.6. The molecule has 3 heteroatoms. The lowest BCUT2D eigenvalue weighted by Crippen LogP contribution is -2.38. The lowest BCUT2D eigenvalue weighted by molar-refractivity contribution is 0.290. The number of hydrogen-bond acceptors (Lipinski definition) is 3. The Morgan fingerprint density at radius 2 is 1.85 bits per heavy atom. The number of aliphatic hydroxyl groups is 1. The molecule has 3 nitrogen and oxygen atoms in total. The fraction of sp³-hybridized carbons (Fsp3) is 0.647. The van der Waals surface area contributed by atoms with Crippen LogP contribution in [0.5, 0.6) is 0 Å². The molecule has 1 aliphatic rings. The Bertz CT molecular complexity index is 384. The highest BCUT2D eigenvalue weighted by molar-refractivity contribution is 5.49. The van der Waals surface area contributed by atoms with Crippen LogP contribution in [0.1, 0.15) is 57.1 Å². The summed E-state index contributed by atoms with van der Waals surface area (Å²) >= 11 is 0. The highest BCUT2D eigenvalue weighted by Gasteiger charge is 2.21. The summed E-state index contributed by atoms with van der Waals surface area (Å²) in [5.41, 5.74) is 8.49. The second-order valence-electron chi connectivity index (χ2n) is 5.82. The average Bonchev–Trinajstić information content (AvgIpc) is 2.53. The molecule has 0 aromatic heterocycles. The SMILES string of the molecule is CCC(N)c1ccc(N(CCO)C2CCCCC2)cc1. The third kappa shape index (κ3) is 3.74. The lowest BCUT2D eigenvalue weighted by atomic mass is 9.93. The quantitative estimate of drug-likeness (QED) is 0.838. The Kier molecular flexibility index (Phi) is 5.86. The van der Waals surface area contributed by atoms with E-state index in [1.165, 1.54) is 43.4 Å². The minimum atomic E-state index is 0.130. The van der Waals surface area contributed by atoms with Crippen LogP contribution >= 0.6 is 0 Å². The van der Waals surface area contributed by atoms with Crippen LogP contribution in [0.25, 0.3) is 0 Å². The fourth-order valence-corrected chi connectivity index (χ4v) is 3.17. The van der Waals surface area contributed by atoms with Gasteiger partial charge < -0.3 is 15.7 Å². The predicted octanol–water partition coefficient (Wildman–Crippen LogP) is 3.23. The molecule has 1 saturated carbocycles. The molecule has 0 amide bonds. The molecule has 0 bridgehead atoms. The monoisotopic (exact) mass is 276 g/mol. The molecular weight excluding hydrogens is 248 g/mol. The zero-order chi connectivity index (χ0) is 14.4. The van der Waals surface area contributed by atoms with Crippen LogP contribution in [-0.4, -0.2) is 24.3 Å². The standard InChI is InChI=1S/C17H28N2O/c1-2-17(18)14-8-10-16(11-9-14)19(12-13-20)15-6-4-3-5-7-15/h8-11,15,17,20H,2-7,12-13,18H2,1H3. The van der Waals surface area contributed by atoms with E-state index in [-0.39, 0.29) is 12.6 Å². The van der Waals surface area contributed by atoms with Crippen molar-refractivity contribution in [2.75, 3.05) is 18.1 Å². The summed E-state index contributed by atoms with van der Waals surface area (Å²) in [5.74, 6) is 0. The Balaban J connectivity index is 2.11. The largest absolute Gasteiger partial charge is 0.395 e. The highest BCUT2D eigenvalue weighted by Crippen LogP contribution is 2.28. The molecular formula is C17H28N2O. The van der Waals surface area contributed by atoms with Crippen molar-refractivity contribution in [3.63, 3.8) is 0 Å². The smallest absolute Gasteiger partial charge is 0.0606 e. The van der Waals surface area contributed by atoms with Crippen LogP contribution in [0.2, 0.25) is 0 Å². The number of anilines is 1. The first-order valence-corrected chi connectivity index (χ1v) is 7.99. The summed E-state index contributed by atoms with van der Waals surface area (Å²) in [5, 5.41) is 9.35. The second kappa shape index (κ2) is 7.65. The number of rotatable bonds is 6. The minimum Gasteiger partial charge on any atom is -0.395 e. The van der Waals surface area contributed by atoms with Crippen molar-refractivity contribution < 1.29 is 5.11 Å². The number of aliphatic hydroxyl groups excluding tert-OH is 1. The average molecular weight is 276 g/mol. The fourth-order valence-electron chi connectivity index (χ4n) is 3.17. The molecule has 3 N–H and O–H groups in total. The number of nitrogens with zero attached hydrogens (tertiary/aromatic N) is 1. The van der Waals surface area contributed by atoms with Crippen LogP contribution < -0.4 is 10.6 Å². The summed E-state index contributed by atoms with van der Waals surface area (Å²) in [4.78, 5) is 2.38. The number of nitrogens with two attached hydrogens (primary N) is 1. The molecule has 0 radical (unpaired) electrons. The molecule has 0 saturated heterocycles. The van der Waals surface area contributed by atoms with Gasteiger partial charge in [-0.25, -0.2) is 0 Å². The summed E-state index contributed by atoms with van der Waals surface area (Å²) in [7, 11) is 0. The van der Waals surface area contributed by atoms with E-state index in [2.05, 4.69) is 36.1 Å². The molecule has 1 unspecified atom stereocenters. The molecule has 1 aliphatic carbocycles. The van der Waals surface area contributed by atoms with E-state index in [9.17, 15) is 5.11 Å². The Hall–Kier alpha value is -1.06. The van der Waals surface area contributed by atoms with E-state index in [1.807, 2.05) is 0 Å². The van der Waals surface area contributed by atoms with Crippen LogP contribution in [0.4, 0.5) is 5.69 Å². The van der Waals surface area contributed by atoms with Gasteiger partial charge in [-0.3, -0.25) is 0 Å². The van der Waals surface area contributed by atoms with E-state index in [0.717, 1.165) is 13.0 Å². The van der Waals surface area contributed by atoms with Gasteiger partial charge in [0.2, 0.25) is 0 Å². The molecule has 112 valence electrons. The Morgan fingerprint density at radius 1 is 1.20 bits per heavy atom. The third-order valence-corrected chi connectivity index (χ3v) is 4.45. The summed E-state index contributed by atoms with van der Waals surface area (Å²) < 4.78 is 0. The van der Waals surface area contributed by atoms with Gasteiger partial charge in [0.25, 0.3) is 0 Å². The second-order valence-corrected chi connectivity index (χ2v) is 5.82. The molecule has 1 aromatic carbocycles. The Morgan fingerprint density at radius 3 is 2.40 bits per heavy atom. The third-order valence-electron chi connectivity index (χ3n) is 4.45. The minimum absolute atomic E-state index is 0.130. The predicted molar refractivity (Wildman–Crippen MR) is 85.0 cm³/mol. The van der Waals surface area contributed by atoms with Crippen LogP contribution in [0, 0.1) is 0 Å². The zero-order valence-electron chi connectivity index (χ0n) is 12.6. The van der Waals surface area contributed by atoms with Gasteiger partial charge in [-0.05, 0) is 37.0 Å². The van der Waals surface area contributed by atoms with Crippen molar-refractivity contribution in [3.8, 4) is 0 Å². The molecule has 20 heavy (non-hydrogen) atoms. The van der Waals surface area contributed by atoms with Crippen LogP contribution in [0.3, 0.4) is 0 Å². The van der Waals surface area contributed by atoms with Crippen molar-refractivity contribution in [1.82, 2.24) is 0 Å². The lowest BCUT2D eigenvalue weighted by Gasteiger charge is -2.36. The van der Waals surface area contributed by atoms with Crippen LogP contribution in [0.15, 0.2) is 24.3 Å². The summed E-state index contributed by atoms with van der Waals surface area (Å²) in [6.45, 7) is 3.05. The molecule has 0 aliphatic heterocycles. The molecule has 2 rings (SSSR count). The van der Waals surface area contributed by atoms with E-state index in [0.29, 0.717) is 6.04 Å². The van der Waals surface area contributed by atoms with Crippen molar-refractivity contribution in [2.45, 2.75) is 57.5 Å². The normalized spacial score (nSPS) is 17.9. The first-order valence-electron chi connectivity index (χ1n) is 7.99. The van der Waals surface area contributed by atoms with E-state index < -0.39 is 0 Å². The van der Waals surface area contributed by atoms with Gasteiger partial charge in [0.1, 0.15) is 0 Å². The molecule has 1 aromatic rings. The van der Waals surface area contributed by atoms with Crippen molar-refractivity contribution in [2.24, 2.45) is 5.73 Å². The first kappa shape index (κ1) is 15.3. The topological polar surface area (TPSA) is 49.5 Å². The van der Waals surface area contributed by atoms with Crippen molar-refractivity contribution >= 4 is 5.69 Å². The van der Waals surface area contributed by atoms with Gasteiger partial charge >= 0.3 is 0 Å². The van der Waals surface area contributed by atoms with Gasteiger partial charge in [-0.15, -0.1) is 0 Å². The van der Waals surface area contributed by atoms with Crippen molar-refractivity contribution in [3.05, 3.63) is 29.8 Å². The van der Waals surface area contributed by atoms with Crippen molar-refractivity contribution in [1.29, 1.82) is 0 Å². The van der Waals surface area contributed by atoms with Gasteiger partial charge in [0.15, 0.2) is 0 Å². The van der Waals surface area contributed by atoms with E-state index >= 15 is 0 Å². The molecule has 0 spiro atoms. The maximum Gasteiger partial charge on any atom is 0.0606 e. The van der Waals surface area contributed by atoms with E-state index in [4.69, 9.17) is 5.73 Å². The van der Waals surface area contributed by atoms with Gasteiger partial charge in [-0.1, -0.05) is 38.3 Å². The van der Waals surface area contributed by atoms with E-state index in [1.54, 1.807) is 0 Å². The van der Waals surface area contributed by atoms with Crippen LogP contribution in [-0.2, 0) is 0 Å². The van der Waals surface area contributed by atoms with Gasteiger partial charge in [-0.2, -0.15) is 0 Å². The maximum atomic E-state index is 9.35. The summed E-state index contributed by atoms with van der Waals surface area (Å²) in [6, 6.07) is 9.31. The number of hydrogen-bond donors (Lipinski definition) is 2. The summed E-state index contributed by atoms with van der Waals surface area (Å²) in [6.07, 6.45) is 7.43. The Labute approximate surface area is 122 Å². The molecule has 0 heterocycles. The maximum absolute atomic E-state index is 9.35.